The van der Waals surface area contributed by atoms with E-state index < -0.39 is 0 Å². The van der Waals surface area contributed by atoms with E-state index >= 15 is 0 Å². The van der Waals surface area contributed by atoms with Crippen LogP contribution in [-0.4, -0.2) is 35.0 Å². The summed E-state index contributed by atoms with van der Waals surface area (Å²) in [5.74, 6) is -0.134. The molecule has 2 aromatic rings. The molecule has 22 heavy (non-hydrogen) atoms. The Hall–Kier alpha value is -1.95. The molecule has 0 radical (unpaired) electrons. The first-order valence-corrected chi connectivity index (χ1v) is 8.09. The molecule has 0 atom stereocenters. The third-order valence-corrected chi connectivity index (χ3v) is 4.40. The predicted molar refractivity (Wildman–Crippen MR) is 82.6 cm³/mol. The first-order chi connectivity index (χ1) is 10.6. The van der Waals surface area contributed by atoms with E-state index in [2.05, 4.69) is 4.98 Å². The number of carbonyl (C=O) groups is 1. The minimum Gasteiger partial charge on any atom is -0.463 e. The molecule has 116 valence electrons. The number of aryl methyl sites for hydroxylation is 2. The molecule has 0 saturated carbocycles. The van der Waals surface area contributed by atoms with E-state index in [-0.39, 0.29) is 17.8 Å². The Morgan fingerprint density at radius 1 is 1.50 bits per heavy atom. The molecule has 0 bridgehead atoms. The first kappa shape index (κ1) is 15.0. The van der Waals surface area contributed by atoms with Gasteiger partial charge in [0.1, 0.15) is 11.9 Å². The maximum atomic E-state index is 13.5. The topological polar surface area (TPSA) is 42.4 Å². The highest BCUT2D eigenvalue weighted by molar-refractivity contribution is 7.11. The summed E-state index contributed by atoms with van der Waals surface area (Å²) in [6.45, 7) is 2.92. The van der Waals surface area contributed by atoms with Gasteiger partial charge in [0.05, 0.1) is 13.1 Å². The lowest BCUT2D eigenvalue weighted by Gasteiger charge is -2.38. The number of nitrogens with zero attached hydrogens (tertiary/aromatic N) is 2. The van der Waals surface area contributed by atoms with Crippen molar-refractivity contribution >= 4 is 17.2 Å². The van der Waals surface area contributed by atoms with Crippen molar-refractivity contribution in [1.29, 1.82) is 0 Å². The quantitative estimate of drug-likeness (QED) is 0.851. The summed E-state index contributed by atoms with van der Waals surface area (Å²) < 4.78 is 19.1. The van der Waals surface area contributed by atoms with E-state index in [1.807, 2.05) is 11.4 Å². The Labute approximate surface area is 132 Å². The van der Waals surface area contributed by atoms with E-state index in [0.29, 0.717) is 36.7 Å². The summed E-state index contributed by atoms with van der Waals surface area (Å²) in [6.07, 6.45) is 2.69. The first-order valence-electron chi connectivity index (χ1n) is 7.21. The molecule has 0 N–H and O–H groups in total. The fourth-order valence-corrected chi connectivity index (χ4v) is 2.88. The lowest BCUT2D eigenvalue weighted by molar-refractivity contribution is -0.139. The predicted octanol–water partition coefficient (Wildman–Crippen LogP) is 2.81. The van der Waals surface area contributed by atoms with Gasteiger partial charge in [-0.15, -0.1) is 0 Å². The van der Waals surface area contributed by atoms with Crippen molar-refractivity contribution in [2.45, 2.75) is 25.9 Å². The summed E-state index contributed by atoms with van der Waals surface area (Å²) in [6, 6.07) is 5.12. The standard InChI is InChI=1S/C16H17FN2O2S/c1-11-2-3-12(8-14(11)17)4-5-15(20)19-9-13(10-19)21-16-18-6-7-22-16/h2-3,6-8,13H,4-5,9-10H2,1H3. The van der Waals surface area contributed by atoms with E-state index in [0.717, 1.165) is 5.56 Å². The zero-order chi connectivity index (χ0) is 15.5. The molecule has 0 spiro atoms. The molecule has 0 aliphatic carbocycles. The van der Waals surface area contributed by atoms with Crippen LogP contribution < -0.4 is 4.74 Å². The lowest BCUT2D eigenvalue weighted by atomic mass is 10.1. The molecule has 1 fully saturated rings. The SMILES string of the molecule is Cc1ccc(CCC(=O)N2CC(Oc3nccs3)C2)cc1F. The summed E-state index contributed by atoms with van der Waals surface area (Å²) in [5.41, 5.74) is 1.48. The van der Waals surface area contributed by atoms with Gasteiger partial charge in [0, 0.05) is 18.0 Å². The number of amides is 1. The van der Waals surface area contributed by atoms with Gasteiger partial charge < -0.3 is 9.64 Å². The molecule has 2 heterocycles. The average molecular weight is 320 g/mol. The Bertz CT molecular complexity index is 654. The van der Waals surface area contributed by atoms with Gasteiger partial charge in [-0.1, -0.05) is 23.5 Å². The zero-order valence-electron chi connectivity index (χ0n) is 12.3. The minimum absolute atomic E-state index is 0.0342. The van der Waals surface area contributed by atoms with Crippen LogP contribution in [0.3, 0.4) is 0 Å². The number of thiazole rings is 1. The van der Waals surface area contributed by atoms with E-state index in [4.69, 9.17) is 4.74 Å². The monoisotopic (exact) mass is 320 g/mol. The minimum atomic E-state index is -0.217. The van der Waals surface area contributed by atoms with E-state index in [1.165, 1.54) is 17.4 Å². The highest BCUT2D eigenvalue weighted by Gasteiger charge is 2.32. The Morgan fingerprint density at radius 2 is 2.32 bits per heavy atom. The molecule has 1 saturated heterocycles. The van der Waals surface area contributed by atoms with Gasteiger partial charge in [-0.25, -0.2) is 9.37 Å². The number of halogens is 1. The maximum absolute atomic E-state index is 13.5. The van der Waals surface area contributed by atoms with E-state index in [1.54, 1.807) is 24.1 Å². The second kappa shape index (κ2) is 6.44. The van der Waals surface area contributed by atoms with Crippen molar-refractivity contribution in [1.82, 2.24) is 9.88 Å². The third-order valence-electron chi connectivity index (χ3n) is 3.74. The van der Waals surface area contributed by atoms with Crippen LogP contribution in [0.5, 0.6) is 5.19 Å². The van der Waals surface area contributed by atoms with Crippen LogP contribution in [0.2, 0.25) is 0 Å². The highest BCUT2D eigenvalue weighted by atomic mass is 32.1. The second-order valence-corrected chi connectivity index (χ2v) is 6.28. The number of hydrogen-bond acceptors (Lipinski definition) is 4. The lowest BCUT2D eigenvalue weighted by Crippen LogP contribution is -2.56. The summed E-state index contributed by atoms with van der Waals surface area (Å²) in [7, 11) is 0. The van der Waals surface area contributed by atoms with Crippen LogP contribution in [0, 0.1) is 12.7 Å². The zero-order valence-corrected chi connectivity index (χ0v) is 13.1. The largest absolute Gasteiger partial charge is 0.463 e. The molecule has 1 amide bonds. The highest BCUT2D eigenvalue weighted by Crippen LogP contribution is 2.21. The van der Waals surface area contributed by atoms with Crippen molar-refractivity contribution in [2.75, 3.05) is 13.1 Å². The molecule has 1 aliphatic rings. The van der Waals surface area contributed by atoms with Crippen molar-refractivity contribution < 1.29 is 13.9 Å². The Balaban J connectivity index is 1.43. The van der Waals surface area contributed by atoms with Crippen LogP contribution in [-0.2, 0) is 11.2 Å². The molecule has 4 nitrogen and oxygen atoms in total. The molecule has 6 heteroatoms. The number of aromatic nitrogens is 1. The number of carbonyl (C=O) groups excluding carboxylic acids is 1. The maximum Gasteiger partial charge on any atom is 0.273 e. The summed E-state index contributed by atoms with van der Waals surface area (Å²) >= 11 is 1.45. The molecule has 1 aromatic heterocycles. The average Bonchev–Trinajstić information content (AvgIpc) is 2.96. The van der Waals surface area contributed by atoms with Crippen LogP contribution in [0.4, 0.5) is 4.39 Å². The summed E-state index contributed by atoms with van der Waals surface area (Å²) in [4.78, 5) is 17.9. The van der Waals surface area contributed by atoms with Gasteiger partial charge in [-0.2, -0.15) is 0 Å². The van der Waals surface area contributed by atoms with Gasteiger partial charge in [-0.05, 0) is 30.5 Å². The fourth-order valence-electron chi connectivity index (χ4n) is 2.33. The van der Waals surface area contributed by atoms with Gasteiger partial charge in [0.15, 0.2) is 0 Å². The third kappa shape index (κ3) is 3.44. The summed E-state index contributed by atoms with van der Waals surface area (Å²) in [5, 5.41) is 2.50. The normalized spacial score (nSPS) is 14.7. The Kier molecular flexibility index (Phi) is 4.38. The number of benzene rings is 1. The van der Waals surface area contributed by atoms with Gasteiger partial charge in [0.2, 0.25) is 5.91 Å². The molecule has 0 unspecified atom stereocenters. The van der Waals surface area contributed by atoms with Gasteiger partial charge in [-0.3, -0.25) is 4.79 Å². The fraction of sp³-hybridized carbons (Fsp3) is 0.375. The van der Waals surface area contributed by atoms with Crippen molar-refractivity contribution in [3.8, 4) is 5.19 Å². The van der Waals surface area contributed by atoms with Gasteiger partial charge in [0.25, 0.3) is 5.19 Å². The molecular formula is C16H17FN2O2S. The van der Waals surface area contributed by atoms with Crippen LogP contribution >= 0.6 is 11.3 Å². The number of ether oxygens (including phenoxy) is 1. The van der Waals surface area contributed by atoms with E-state index in [9.17, 15) is 9.18 Å². The number of rotatable bonds is 5. The van der Waals surface area contributed by atoms with Crippen molar-refractivity contribution in [3.63, 3.8) is 0 Å². The Morgan fingerprint density at radius 3 is 3.00 bits per heavy atom. The number of hydrogen-bond donors (Lipinski definition) is 0. The second-order valence-electron chi connectivity index (χ2n) is 5.42. The van der Waals surface area contributed by atoms with Gasteiger partial charge >= 0.3 is 0 Å². The van der Waals surface area contributed by atoms with Crippen molar-refractivity contribution in [2.24, 2.45) is 0 Å². The molecule has 1 aromatic carbocycles. The van der Waals surface area contributed by atoms with Crippen LogP contribution in [0.25, 0.3) is 0 Å². The molecule has 1 aliphatic heterocycles. The van der Waals surface area contributed by atoms with Crippen molar-refractivity contribution in [3.05, 3.63) is 46.7 Å². The smallest absolute Gasteiger partial charge is 0.273 e. The molecular weight excluding hydrogens is 303 g/mol. The van der Waals surface area contributed by atoms with Crippen LogP contribution in [0.15, 0.2) is 29.8 Å². The molecule has 3 rings (SSSR count). The van der Waals surface area contributed by atoms with Crippen LogP contribution in [0.1, 0.15) is 17.5 Å². The number of likely N-dealkylation sites (tertiary alicyclic amines) is 1.